The molecule has 1 aliphatic heterocycles. The number of likely N-dealkylation sites (tertiary alicyclic amines) is 1. The second kappa shape index (κ2) is 4.17. The lowest BCUT2D eigenvalue weighted by molar-refractivity contribution is 0.252. The fourth-order valence-corrected chi connectivity index (χ4v) is 2.51. The predicted octanol–water partition coefficient (Wildman–Crippen LogP) is 1.07. The maximum atomic E-state index is 5.70. The van der Waals surface area contributed by atoms with Crippen molar-refractivity contribution in [2.24, 2.45) is 5.73 Å². The minimum atomic E-state index is 0.599. The van der Waals surface area contributed by atoms with E-state index < -0.39 is 0 Å². The molecule has 0 aliphatic carbocycles. The summed E-state index contributed by atoms with van der Waals surface area (Å²) in [5.74, 6) is 0. The van der Waals surface area contributed by atoms with E-state index in [1.165, 1.54) is 24.3 Å². The van der Waals surface area contributed by atoms with Gasteiger partial charge in [-0.2, -0.15) is 0 Å². The van der Waals surface area contributed by atoms with Crippen molar-refractivity contribution < 1.29 is 0 Å². The van der Waals surface area contributed by atoms with Crippen LogP contribution in [0.25, 0.3) is 0 Å². The fraction of sp³-hybridized carbons (Fsp3) is 0.667. The van der Waals surface area contributed by atoms with Crippen LogP contribution in [0.3, 0.4) is 0 Å². The van der Waals surface area contributed by atoms with Crippen molar-refractivity contribution in [1.82, 2.24) is 9.88 Å². The molecule has 1 aromatic rings. The molecule has 0 saturated carbocycles. The summed E-state index contributed by atoms with van der Waals surface area (Å²) < 4.78 is 0. The Morgan fingerprint density at radius 1 is 1.69 bits per heavy atom. The van der Waals surface area contributed by atoms with E-state index in [9.17, 15) is 0 Å². The van der Waals surface area contributed by atoms with Crippen molar-refractivity contribution >= 4 is 11.3 Å². The van der Waals surface area contributed by atoms with Crippen molar-refractivity contribution in [2.75, 3.05) is 13.1 Å². The molecule has 2 rings (SSSR count). The van der Waals surface area contributed by atoms with E-state index in [2.05, 4.69) is 9.88 Å². The molecule has 0 spiro atoms. The van der Waals surface area contributed by atoms with Gasteiger partial charge in [0.1, 0.15) is 0 Å². The first kappa shape index (κ1) is 9.12. The van der Waals surface area contributed by atoms with Crippen molar-refractivity contribution in [3.05, 3.63) is 16.6 Å². The van der Waals surface area contributed by atoms with Crippen LogP contribution in [0, 0.1) is 0 Å². The number of hydrogen-bond acceptors (Lipinski definition) is 4. The van der Waals surface area contributed by atoms with Crippen LogP contribution in [0.2, 0.25) is 0 Å². The molecule has 0 unspecified atom stereocenters. The average Bonchev–Trinajstić information content (AvgIpc) is 2.76. The van der Waals surface area contributed by atoms with Gasteiger partial charge in [0.15, 0.2) is 0 Å². The number of nitrogens with two attached hydrogens (primary N) is 1. The summed E-state index contributed by atoms with van der Waals surface area (Å²) in [6, 6.07) is 0.599. The molecule has 0 aromatic carbocycles. The van der Waals surface area contributed by atoms with Crippen LogP contribution in [0.5, 0.6) is 0 Å². The second-order valence-corrected chi connectivity index (χ2v) is 4.44. The minimum Gasteiger partial charge on any atom is -0.329 e. The molecular weight excluding hydrogens is 182 g/mol. The molecule has 2 N–H and O–H groups in total. The Morgan fingerprint density at radius 2 is 2.62 bits per heavy atom. The van der Waals surface area contributed by atoms with E-state index in [-0.39, 0.29) is 0 Å². The summed E-state index contributed by atoms with van der Waals surface area (Å²) in [6.45, 7) is 3.02. The van der Waals surface area contributed by atoms with Crippen LogP contribution >= 0.6 is 11.3 Å². The zero-order chi connectivity index (χ0) is 9.10. The van der Waals surface area contributed by atoms with E-state index in [1.807, 2.05) is 11.7 Å². The molecule has 2 heterocycles. The highest BCUT2D eigenvalue weighted by Gasteiger charge is 2.22. The van der Waals surface area contributed by atoms with Crippen LogP contribution in [0.1, 0.15) is 17.7 Å². The molecule has 1 atom stereocenters. The van der Waals surface area contributed by atoms with Crippen molar-refractivity contribution in [2.45, 2.75) is 25.4 Å². The quantitative estimate of drug-likeness (QED) is 0.788. The fourth-order valence-electron chi connectivity index (χ4n) is 1.89. The lowest BCUT2D eigenvalue weighted by Gasteiger charge is -2.21. The van der Waals surface area contributed by atoms with E-state index in [0.717, 1.165) is 13.1 Å². The van der Waals surface area contributed by atoms with Gasteiger partial charge in [0.2, 0.25) is 0 Å². The van der Waals surface area contributed by atoms with E-state index >= 15 is 0 Å². The zero-order valence-electron chi connectivity index (χ0n) is 7.65. The Balaban J connectivity index is 1.94. The van der Waals surface area contributed by atoms with E-state index in [0.29, 0.717) is 6.04 Å². The molecule has 1 saturated heterocycles. The SMILES string of the molecule is NC[C@@H]1CCCN1Cc1cncs1. The molecule has 13 heavy (non-hydrogen) atoms. The molecule has 3 nitrogen and oxygen atoms in total. The van der Waals surface area contributed by atoms with Crippen LogP contribution in [0.4, 0.5) is 0 Å². The van der Waals surface area contributed by atoms with E-state index in [1.54, 1.807) is 11.3 Å². The summed E-state index contributed by atoms with van der Waals surface area (Å²) in [4.78, 5) is 7.89. The van der Waals surface area contributed by atoms with Gasteiger partial charge in [0, 0.05) is 30.2 Å². The highest BCUT2D eigenvalue weighted by Crippen LogP contribution is 2.20. The molecule has 0 bridgehead atoms. The highest BCUT2D eigenvalue weighted by molar-refractivity contribution is 7.09. The second-order valence-electron chi connectivity index (χ2n) is 3.47. The molecule has 4 heteroatoms. The van der Waals surface area contributed by atoms with E-state index in [4.69, 9.17) is 5.73 Å². The lowest BCUT2D eigenvalue weighted by atomic mass is 10.2. The third-order valence-electron chi connectivity index (χ3n) is 2.61. The largest absolute Gasteiger partial charge is 0.329 e. The lowest BCUT2D eigenvalue weighted by Crippen LogP contribution is -2.34. The average molecular weight is 197 g/mol. The molecule has 0 amide bonds. The molecule has 1 aliphatic rings. The summed E-state index contributed by atoms with van der Waals surface area (Å²) in [5, 5.41) is 0. The molecule has 1 aromatic heterocycles. The smallest absolute Gasteiger partial charge is 0.0794 e. The van der Waals surface area contributed by atoms with Crippen LogP contribution in [-0.4, -0.2) is 29.0 Å². The van der Waals surface area contributed by atoms with Gasteiger partial charge in [-0.3, -0.25) is 9.88 Å². The van der Waals surface area contributed by atoms with Gasteiger partial charge in [-0.15, -0.1) is 11.3 Å². The Kier molecular flexibility index (Phi) is 2.93. The van der Waals surface area contributed by atoms with Gasteiger partial charge in [-0.05, 0) is 19.4 Å². The van der Waals surface area contributed by atoms with Gasteiger partial charge in [-0.25, -0.2) is 0 Å². The monoisotopic (exact) mass is 197 g/mol. The maximum Gasteiger partial charge on any atom is 0.0794 e. The highest BCUT2D eigenvalue weighted by atomic mass is 32.1. The number of rotatable bonds is 3. The number of hydrogen-bond donors (Lipinski definition) is 1. The van der Waals surface area contributed by atoms with Crippen LogP contribution < -0.4 is 5.73 Å². The van der Waals surface area contributed by atoms with Crippen LogP contribution in [-0.2, 0) is 6.54 Å². The first-order chi connectivity index (χ1) is 6.40. The first-order valence-electron chi connectivity index (χ1n) is 4.71. The van der Waals surface area contributed by atoms with Gasteiger partial charge < -0.3 is 5.73 Å². The Bertz CT molecular complexity index is 247. The van der Waals surface area contributed by atoms with Crippen molar-refractivity contribution in [3.8, 4) is 0 Å². The summed E-state index contributed by atoms with van der Waals surface area (Å²) in [6.07, 6.45) is 4.51. The topological polar surface area (TPSA) is 42.1 Å². The summed E-state index contributed by atoms with van der Waals surface area (Å²) in [7, 11) is 0. The summed E-state index contributed by atoms with van der Waals surface area (Å²) in [5.41, 5.74) is 7.59. The normalized spacial score (nSPS) is 23.9. The molecule has 0 radical (unpaired) electrons. The molecular formula is C9H15N3S. The Labute approximate surface area is 82.6 Å². The third kappa shape index (κ3) is 2.07. The first-order valence-corrected chi connectivity index (χ1v) is 5.59. The maximum absolute atomic E-state index is 5.70. The number of aromatic nitrogens is 1. The number of nitrogens with zero attached hydrogens (tertiary/aromatic N) is 2. The standard InChI is InChI=1S/C9H15N3S/c10-4-8-2-1-3-12(8)6-9-5-11-7-13-9/h5,7-8H,1-4,6,10H2/t8-/m0/s1. The van der Waals surface area contributed by atoms with Gasteiger partial charge in [0.25, 0.3) is 0 Å². The van der Waals surface area contributed by atoms with Gasteiger partial charge in [0.05, 0.1) is 5.51 Å². The van der Waals surface area contributed by atoms with Gasteiger partial charge >= 0.3 is 0 Å². The molecule has 72 valence electrons. The van der Waals surface area contributed by atoms with Gasteiger partial charge in [-0.1, -0.05) is 0 Å². The molecule has 1 fully saturated rings. The van der Waals surface area contributed by atoms with Crippen molar-refractivity contribution in [3.63, 3.8) is 0 Å². The summed E-state index contributed by atoms with van der Waals surface area (Å²) >= 11 is 1.73. The minimum absolute atomic E-state index is 0.599. The van der Waals surface area contributed by atoms with Crippen molar-refractivity contribution in [1.29, 1.82) is 0 Å². The number of thiazole rings is 1. The zero-order valence-corrected chi connectivity index (χ0v) is 8.46. The Hall–Kier alpha value is -0.450. The third-order valence-corrected chi connectivity index (χ3v) is 3.38. The van der Waals surface area contributed by atoms with Crippen LogP contribution in [0.15, 0.2) is 11.7 Å². The predicted molar refractivity (Wildman–Crippen MR) is 54.6 cm³/mol. The Morgan fingerprint density at radius 3 is 3.31 bits per heavy atom.